The van der Waals surface area contributed by atoms with E-state index in [9.17, 15) is 5.11 Å². The van der Waals surface area contributed by atoms with E-state index in [0.29, 0.717) is 14.7 Å². The van der Waals surface area contributed by atoms with Gasteiger partial charge in [-0.15, -0.1) is 0 Å². The summed E-state index contributed by atoms with van der Waals surface area (Å²) in [5.41, 5.74) is 1.75. The van der Waals surface area contributed by atoms with Crippen molar-refractivity contribution in [2.75, 3.05) is 0 Å². The molecular formula is C14H12N2OS2. The fourth-order valence-electron chi connectivity index (χ4n) is 2.11. The second-order valence-corrected chi connectivity index (χ2v) is 6.14. The van der Waals surface area contributed by atoms with Crippen LogP contribution >= 0.6 is 23.6 Å². The Balaban J connectivity index is 2.42. The van der Waals surface area contributed by atoms with Crippen molar-refractivity contribution < 1.29 is 9.67 Å². The zero-order valence-electron chi connectivity index (χ0n) is 10.6. The summed E-state index contributed by atoms with van der Waals surface area (Å²) in [4.78, 5) is 0.973. The molecular weight excluding hydrogens is 276 g/mol. The van der Waals surface area contributed by atoms with Crippen molar-refractivity contribution >= 4 is 34.3 Å². The summed E-state index contributed by atoms with van der Waals surface area (Å²) >= 11 is 6.80. The Labute approximate surface area is 119 Å². The van der Waals surface area contributed by atoms with Crippen molar-refractivity contribution in [3.8, 4) is 0 Å². The number of hydrogen-bond donors (Lipinski definition) is 0. The van der Waals surface area contributed by atoms with Crippen molar-refractivity contribution in [2.24, 2.45) is 7.05 Å². The second kappa shape index (κ2) is 4.43. The Morgan fingerprint density at radius 3 is 2.95 bits per heavy atom. The summed E-state index contributed by atoms with van der Waals surface area (Å²) in [6, 6.07) is 7.59. The Bertz CT molecular complexity index is 877. The average Bonchev–Trinajstić information content (AvgIpc) is 2.88. The summed E-state index contributed by atoms with van der Waals surface area (Å²) in [6.45, 7) is 1.98. The summed E-state index contributed by atoms with van der Waals surface area (Å²) in [5, 5.41) is 13.2. The van der Waals surface area contributed by atoms with Crippen LogP contribution in [0.2, 0.25) is 0 Å². The maximum atomic E-state index is 12.6. The van der Waals surface area contributed by atoms with E-state index in [1.807, 2.05) is 59.6 Å². The van der Waals surface area contributed by atoms with E-state index in [1.165, 1.54) is 11.3 Å². The molecule has 0 unspecified atom stereocenters. The zero-order chi connectivity index (χ0) is 13.6. The first-order valence-corrected chi connectivity index (χ1v) is 7.08. The van der Waals surface area contributed by atoms with E-state index in [-0.39, 0.29) is 5.76 Å². The lowest BCUT2D eigenvalue weighted by Gasteiger charge is -2.10. The number of aryl methyl sites for hydroxylation is 2. The van der Waals surface area contributed by atoms with Gasteiger partial charge < -0.3 is 5.11 Å². The summed E-state index contributed by atoms with van der Waals surface area (Å²) in [5.74, 6) is -0.0175. The number of nitrogens with zero attached hydrogens (tertiary/aromatic N) is 2. The largest absolute Gasteiger partial charge is 0.869 e. The number of imidazole rings is 1. The van der Waals surface area contributed by atoms with Crippen LogP contribution in [-0.2, 0) is 7.05 Å². The molecule has 0 N–H and O–H groups in total. The molecule has 3 aromatic rings. The van der Waals surface area contributed by atoms with Gasteiger partial charge in [-0.1, -0.05) is 42.0 Å². The van der Waals surface area contributed by atoms with Gasteiger partial charge in [0.05, 0.1) is 7.05 Å². The minimum atomic E-state index is -0.0175. The molecule has 1 aromatic carbocycles. The van der Waals surface area contributed by atoms with Crippen molar-refractivity contribution in [3.63, 3.8) is 0 Å². The molecule has 2 heterocycles. The SMILES string of the molecule is Cc1cccc(/C([O-])=c2\c(=S)sc3n2cc[n+]3C)c1. The molecule has 0 atom stereocenters. The van der Waals surface area contributed by atoms with Gasteiger partial charge in [0.1, 0.15) is 16.2 Å². The van der Waals surface area contributed by atoms with Gasteiger partial charge in [0.15, 0.2) is 5.35 Å². The van der Waals surface area contributed by atoms with Crippen LogP contribution in [0.3, 0.4) is 0 Å². The van der Waals surface area contributed by atoms with Gasteiger partial charge in [-0.3, -0.25) is 0 Å². The monoisotopic (exact) mass is 288 g/mol. The number of benzene rings is 1. The molecule has 0 fully saturated rings. The predicted molar refractivity (Wildman–Crippen MR) is 76.2 cm³/mol. The molecule has 0 aliphatic carbocycles. The van der Waals surface area contributed by atoms with Gasteiger partial charge in [-0.2, -0.15) is 4.40 Å². The quantitative estimate of drug-likeness (QED) is 0.496. The number of rotatable bonds is 1. The van der Waals surface area contributed by atoms with Crippen LogP contribution in [0.15, 0.2) is 36.7 Å². The van der Waals surface area contributed by atoms with Crippen molar-refractivity contribution in [1.29, 1.82) is 0 Å². The number of thiazole rings is 1. The van der Waals surface area contributed by atoms with Crippen LogP contribution in [0.1, 0.15) is 11.1 Å². The normalized spacial score (nSPS) is 12.9. The van der Waals surface area contributed by atoms with E-state index in [0.717, 1.165) is 10.5 Å². The lowest BCUT2D eigenvalue weighted by atomic mass is 10.1. The standard InChI is InChI=1S/C14H12N2OS2/c1-9-4-3-5-10(8-9)12(17)11-13(18)19-14-15(2)6-7-16(11)14/h3-8H,1-2H3. The number of aromatic nitrogens is 2. The Morgan fingerprint density at radius 1 is 1.42 bits per heavy atom. The molecule has 0 aliphatic heterocycles. The van der Waals surface area contributed by atoms with Crippen molar-refractivity contribution in [2.45, 2.75) is 6.92 Å². The van der Waals surface area contributed by atoms with E-state index in [4.69, 9.17) is 12.2 Å². The van der Waals surface area contributed by atoms with Crippen molar-refractivity contribution in [1.82, 2.24) is 4.40 Å². The van der Waals surface area contributed by atoms with Gasteiger partial charge in [0, 0.05) is 0 Å². The molecule has 3 rings (SSSR count). The van der Waals surface area contributed by atoms with Gasteiger partial charge >= 0.3 is 4.96 Å². The van der Waals surface area contributed by atoms with Gasteiger partial charge in [0.2, 0.25) is 0 Å². The Kier molecular flexibility index (Phi) is 2.88. The molecule has 0 amide bonds. The van der Waals surface area contributed by atoms with Crippen LogP contribution in [-0.4, -0.2) is 4.40 Å². The van der Waals surface area contributed by atoms with E-state index >= 15 is 0 Å². The summed E-state index contributed by atoms with van der Waals surface area (Å²) < 4.78 is 4.48. The van der Waals surface area contributed by atoms with Gasteiger partial charge in [-0.05, 0) is 29.6 Å². The topological polar surface area (TPSA) is 31.3 Å². The second-order valence-electron chi connectivity index (χ2n) is 4.50. The van der Waals surface area contributed by atoms with Crippen LogP contribution in [0.5, 0.6) is 0 Å². The third kappa shape index (κ3) is 1.95. The third-order valence-electron chi connectivity index (χ3n) is 3.06. The molecule has 2 aromatic heterocycles. The maximum absolute atomic E-state index is 12.6. The first-order valence-electron chi connectivity index (χ1n) is 5.86. The predicted octanol–water partition coefficient (Wildman–Crippen LogP) is 1.10. The van der Waals surface area contributed by atoms with Crippen LogP contribution in [0, 0.1) is 10.7 Å². The van der Waals surface area contributed by atoms with Crippen LogP contribution < -0.4 is 15.0 Å². The average molecular weight is 288 g/mol. The fraction of sp³-hybridized carbons (Fsp3) is 0.143. The highest BCUT2D eigenvalue weighted by molar-refractivity contribution is 7.73. The molecule has 0 spiro atoms. The lowest BCUT2D eigenvalue weighted by molar-refractivity contribution is -0.642. The fourth-order valence-corrected chi connectivity index (χ4v) is 3.43. The molecule has 3 nitrogen and oxygen atoms in total. The van der Waals surface area contributed by atoms with E-state index in [1.54, 1.807) is 0 Å². The highest BCUT2D eigenvalue weighted by atomic mass is 32.1. The molecule has 96 valence electrons. The van der Waals surface area contributed by atoms with E-state index in [2.05, 4.69) is 0 Å². The molecule has 0 saturated carbocycles. The highest BCUT2D eigenvalue weighted by Gasteiger charge is 2.13. The Morgan fingerprint density at radius 2 is 2.21 bits per heavy atom. The minimum Gasteiger partial charge on any atom is -0.869 e. The number of hydrogen-bond acceptors (Lipinski definition) is 3. The van der Waals surface area contributed by atoms with Crippen LogP contribution in [0.4, 0.5) is 0 Å². The molecule has 0 aliphatic rings. The summed E-state index contributed by atoms with van der Waals surface area (Å²) in [7, 11) is 1.95. The summed E-state index contributed by atoms with van der Waals surface area (Å²) in [6.07, 6.45) is 3.80. The lowest BCUT2D eigenvalue weighted by Crippen LogP contribution is -2.26. The zero-order valence-corrected chi connectivity index (χ0v) is 12.2. The third-order valence-corrected chi connectivity index (χ3v) is 4.55. The molecule has 19 heavy (non-hydrogen) atoms. The number of fused-ring (bicyclic) bond motifs is 1. The van der Waals surface area contributed by atoms with Gasteiger partial charge in [0.25, 0.3) is 0 Å². The molecule has 0 radical (unpaired) electrons. The Hall–Kier alpha value is -1.72. The molecule has 5 heteroatoms. The van der Waals surface area contributed by atoms with E-state index < -0.39 is 0 Å². The van der Waals surface area contributed by atoms with Gasteiger partial charge in [-0.25, -0.2) is 4.57 Å². The smallest absolute Gasteiger partial charge is 0.347 e. The first kappa shape index (κ1) is 12.3. The molecule has 0 saturated heterocycles. The minimum absolute atomic E-state index is 0.0175. The van der Waals surface area contributed by atoms with Crippen LogP contribution in [0.25, 0.3) is 10.7 Å². The first-order chi connectivity index (χ1) is 9.08. The highest BCUT2D eigenvalue weighted by Crippen LogP contribution is 2.11. The molecule has 0 bridgehead atoms. The maximum Gasteiger partial charge on any atom is 0.347 e. The van der Waals surface area contributed by atoms with Crippen molar-refractivity contribution in [3.05, 3.63) is 57.0 Å².